The molecule has 2 unspecified atom stereocenters. The smallest absolute Gasteiger partial charge is 0.0252 e. The van der Waals surface area contributed by atoms with E-state index in [1.54, 1.807) is 0 Å². The maximum atomic E-state index is 3.56. The maximum Gasteiger partial charge on any atom is 0.0252 e. The van der Waals surface area contributed by atoms with E-state index in [0.29, 0.717) is 5.54 Å². The first-order valence-electron chi connectivity index (χ1n) is 5.95. The lowest BCUT2D eigenvalue weighted by atomic mass is 9.95. The number of nitrogens with zero attached hydrogens (tertiary/aromatic N) is 1. The van der Waals surface area contributed by atoms with Crippen molar-refractivity contribution in [3.05, 3.63) is 0 Å². The van der Waals surface area contributed by atoms with Gasteiger partial charge in [-0.3, -0.25) is 4.90 Å². The number of hydrogen-bond acceptors (Lipinski definition) is 2. The van der Waals surface area contributed by atoms with Crippen molar-refractivity contribution in [3.8, 4) is 0 Å². The topological polar surface area (TPSA) is 15.3 Å². The van der Waals surface area contributed by atoms with Gasteiger partial charge in [-0.25, -0.2) is 0 Å². The van der Waals surface area contributed by atoms with Crippen LogP contribution in [0.5, 0.6) is 0 Å². The third-order valence-corrected chi connectivity index (χ3v) is 3.64. The van der Waals surface area contributed by atoms with E-state index in [0.717, 1.165) is 18.5 Å². The zero-order valence-electron chi connectivity index (χ0n) is 10.4. The van der Waals surface area contributed by atoms with Crippen LogP contribution < -0.4 is 5.32 Å². The highest BCUT2D eigenvalue weighted by Gasteiger charge is 2.29. The highest BCUT2D eigenvalue weighted by Crippen LogP contribution is 2.19. The van der Waals surface area contributed by atoms with Gasteiger partial charge in [0, 0.05) is 31.2 Å². The van der Waals surface area contributed by atoms with E-state index in [1.807, 2.05) is 0 Å². The van der Waals surface area contributed by atoms with Gasteiger partial charge in [-0.15, -0.1) is 0 Å². The van der Waals surface area contributed by atoms with Gasteiger partial charge in [-0.1, -0.05) is 20.3 Å². The number of hydrogen-bond donors (Lipinski definition) is 1. The SMILES string of the molecule is CCC(C)C(C)N1CCNC(C)(C)C1. The minimum Gasteiger partial charge on any atom is -0.309 e. The molecule has 1 aliphatic rings. The normalized spacial score (nSPS) is 27.2. The lowest BCUT2D eigenvalue weighted by Gasteiger charge is -2.43. The molecule has 14 heavy (non-hydrogen) atoms. The van der Waals surface area contributed by atoms with E-state index >= 15 is 0 Å². The molecule has 0 saturated carbocycles. The molecule has 1 N–H and O–H groups in total. The van der Waals surface area contributed by atoms with Gasteiger partial charge in [-0.2, -0.15) is 0 Å². The van der Waals surface area contributed by atoms with Crippen LogP contribution in [0.2, 0.25) is 0 Å². The average Bonchev–Trinajstić information content (AvgIpc) is 2.14. The van der Waals surface area contributed by atoms with E-state index < -0.39 is 0 Å². The molecule has 0 bridgehead atoms. The third kappa shape index (κ3) is 2.96. The monoisotopic (exact) mass is 198 g/mol. The molecule has 2 heteroatoms. The second-order valence-electron chi connectivity index (χ2n) is 5.41. The van der Waals surface area contributed by atoms with Crippen LogP contribution in [-0.4, -0.2) is 36.1 Å². The van der Waals surface area contributed by atoms with Crippen molar-refractivity contribution in [3.63, 3.8) is 0 Å². The minimum absolute atomic E-state index is 0.292. The van der Waals surface area contributed by atoms with Crippen molar-refractivity contribution in [1.29, 1.82) is 0 Å². The molecule has 0 spiro atoms. The third-order valence-electron chi connectivity index (χ3n) is 3.64. The maximum absolute atomic E-state index is 3.56. The highest BCUT2D eigenvalue weighted by molar-refractivity contribution is 4.89. The molecule has 2 nitrogen and oxygen atoms in total. The van der Waals surface area contributed by atoms with Crippen molar-refractivity contribution in [1.82, 2.24) is 10.2 Å². The van der Waals surface area contributed by atoms with Crippen LogP contribution in [0, 0.1) is 5.92 Å². The van der Waals surface area contributed by atoms with Gasteiger partial charge in [0.05, 0.1) is 0 Å². The Kier molecular flexibility index (Phi) is 3.96. The number of nitrogens with one attached hydrogen (secondary N) is 1. The van der Waals surface area contributed by atoms with E-state index in [4.69, 9.17) is 0 Å². The first-order valence-corrected chi connectivity index (χ1v) is 5.95. The molecule has 0 aromatic heterocycles. The Labute approximate surface area is 89.1 Å². The lowest BCUT2D eigenvalue weighted by Crippen LogP contribution is -2.59. The van der Waals surface area contributed by atoms with Crippen molar-refractivity contribution in [2.45, 2.75) is 52.6 Å². The molecule has 1 aliphatic heterocycles. The zero-order chi connectivity index (χ0) is 10.8. The molecule has 0 aromatic rings. The summed E-state index contributed by atoms with van der Waals surface area (Å²) in [5.74, 6) is 0.809. The summed E-state index contributed by atoms with van der Waals surface area (Å²) in [5, 5.41) is 3.56. The largest absolute Gasteiger partial charge is 0.309 e. The summed E-state index contributed by atoms with van der Waals surface area (Å²) in [4.78, 5) is 2.63. The molecular weight excluding hydrogens is 172 g/mol. The van der Waals surface area contributed by atoms with Crippen LogP contribution >= 0.6 is 0 Å². The van der Waals surface area contributed by atoms with Gasteiger partial charge in [0.2, 0.25) is 0 Å². The van der Waals surface area contributed by atoms with Crippen LogP contribution in [0.1, 0.15) is 41.0 Å². The molecule has 0 amide bonds. The van der Waals surface area contributed by atoms with Gasteiger partial charge in [0.25, 0.3) is 0 Å². The Morgan fingerprint density at radius 2 is 2.00 bits per heavy atom. The van der Waals surface area contributed by atoms with Gasteiger partial charge in [0.1, 0.15) is 0 Å². The van der Waals surface area contributed by atoms with E-state index in [-0.39, 0.29) is 0 Å². The van der Waals surface area contributed by atoms with Crippen molar-refractivity contribution < 1.29 is 0 Å². The van der Waals surface area contributed by atoms with Crippen molar-refractivity contribution >= 4 is 0 Å². The first-order chi connectivity index (χ1) is 6.46. The van der Waals surface area contributed by atoms with E-state index in [9.17, 15) is 0 Å². The molecule has 0 aromatic carbocycles. The quantitative estimate of drug-likeness (QED) is 0.747. The Bertz CT molecular complexity index is 177. The average molecular weight is 198 g/mol. The molecular formula is C12H26N2. The molecule has 2 atom stereocenters. The Morgan fingerprint density at radius 3 is 2.50 bits per heavy atom. The molecule has 1 fully saturated rings. The fraction of sp³-hybridized carbons (Fsp3) is 1.00. The summed E-state index contributed by atoms with van der Waals surface area (Å²) in [6, 6.07) is 0.723. The Hall–Kier alpha value is -0.0800. The summed E-state index contributed by atoms with van der Waals surface area (Å²) in [6.45, 7) is 15.1. The van der Waals surface area contributed by atoms with Gasteiger partial charge in [0.15, 0.2) is 0 Å². The standard InChI is InChI=1S/C12H26N2/c1-6-10(2)11(3)14-8-7-13-12(4,5)9-14/h10-11,13H,6-9H2,1-5H3. The fourth-order valence-corrected chi connectivity index (χ4v) is 2.23. The number of rotatable bonds is 3. The second-order valence-corrected chi connectivity index (χ2v) is 5.41. The predicted molar refractivity (Wildman–Crippen MR) is 62.6 cm³/mol. The van der Waals surface area contributed by atoms with Crippen LogP contribution in [0.25, 0.3) is 0 Å². The van der Waals surface area contributed by atoms with Crippen LogP contribution in [-0.2, 0) is 0 Å². The summed E-state index contributed by atoms with van der Waals surface area (Å²) < 4.78 is 0. The van der Waals surface area contributed by atoms with E-state index in [2.05, 4.69) is 44.8 Å². The zero-order valence-corrected chi connectivity index (χ0v) is 10.4. The minimum atomic E-state index is 0.292. The van der Waals surface area contributed by atoms with Crippen molar-refractivity contribution in [2.75, 3.05) is 19.6 Å². The van der Waals surface area contributed by atoms with Gasteiger partial charge < -0.3 is 5.32 Å². The molecule has 1 saturated heterocycles. The molecule has 1 heterocycles. The molecule has 0 aliphatic carbocycles. The highest BCUT2D eigenvalue weighted by atomic mass is 15.2. The molecule has 84 valence electrons. The summed E-state index contributed by atoms with van der Waals surface area (Å²) >= 11 is 0. The van der Waals surface area contributed by atoms with E-state index in [1.165, 1.54) is 19.5 Å². The van der Waals surface area contributed by atoms with Crippen LogP contribution in [0.4, 0.5) is 0 Å². The van der Waals surface area contributed by atoms with Crippen LogP contribution in [0.3, 0.4) is 0 Å². The summed E-state index contributed by atoms with van der Waals surface area (Å²) in [7, 11) is 0. The number of piperazine rings is 1. The Balaban J connectivity index is 2.51. The first kappa shape index (κ1) is 12.0. The summed E-state index contributed by atoms with van der Waals surface area (Å²) in [6.07, 6.45) is 1.28. The summed E-state index contributed by atoms with van der Waals surface area (Å²) in [5.41, 5.74) is 0.292. The lowest BCUT2D eigenvalue weighted by molar-refractivity contribution is 0.0889. The second kappa shape index (κ2) is 4.63. The predicted octanol–water partition coefficient (Wildman–Crippen LogP) is 2.10. The van der Waals surface area contributed by atoms with Gasteiger partial charge in [-0.05, 0) is 26.7 Å². The van der Waals surface area contributed by atoms with Crippen molar-refractivity contribution in [2.24, 2.45) is 5.92 Å². The Morgan fingerprint density at radius 1 is 1.36 bits per heavy atom. The molecule has 1 rings (SSSR count). The van der Waals surface area contributed by atoms with Gasteiger partial charge >= 0.3 is 0 Å². The molecule has 0 radical (unpaired) electrons. The van der Waals surface area contributed by atoms with Crippen LogP contribution in [0.15, 0.2) is 0 Å². The fourth-order valence-electron chi connectivity index (χ4n) is 2.23.